The molecule has 3 amide bonds. The zero-order chi connectivity index (χ0) is 26.8. The lowest BCUT2D eigenvalue weighted by atomic mass is 9.97. The summed E-state index contributed by atoms with van der Waals surface area (Å²) in [5, 5.41) is 5.77. The van der Waals surface area contributed by atoms with Crippen molar-refractivity contribution in [3.8, 4) is 0 Å². The number of amides is 3. The molecule has 0 aliphatic carbocycles. The lowest BCUT2D eigenvalue weighted by Gasteiger charge is -2.35. The Kier molecular flexibility index (Phi) is 12.6. The lowest BCUT2D eigenvalue weighted by Crippen LogP contribution is -2.54. The topological polar surface area (TPSA) is 87.7 Å². The van der Waals surface area contributed by atoms with Crippen LogP contribution in [0.2, 0.25) is 0 Å². The quantitative estimate of drug-likeness (QED) is 0.409. The first-order chi connectivity index (χ1) is 16.3. The molecule has 8 heteroatoms. The summed E-state index contributed by atoms with van der Waals surface area (Å²) in [7, 11) is 0. The molecule has 0 aromatic heterocycles. The van der Waals surface area contributed by atoms with Gasteiger partial charge in [0.05, 0.1) is 0 Å². The molecule has 1 rings (SSSR count). The van der Waals surface area contributed by atoms with Gasteiger partial charge >= 0.3 is 6.09 Å². The molecule has 0 aliphatic heterocycles. The zero-order valence-corrected chi connectivity index (χ0v) is 23.8. The molecule has 0 aliphatic rings. The number of benzene rings is 1. The molecule has 0 saturated heterocycles. The maximum Gasteiger partial charge on any atom is 0.408 e. The van der Waals surface area contributed by atoms with E-state index in [4.69, 9.17) is 4.74 Å². The standard InChI is InChI=1S/C27H45N3O4S/c1-10-11-13-30(25(32)22(12-14-35-9)29-26(33)34-27(6,7)8)23(24(31)28-18(2)3)21-16-19(4)15-20(5)17-21/h15-18,22-23H,10-14H2,1-9H3,(H,28,31)(H,29,33). The number of nitrogens with zero attached hydrogens (tertiary/aromatic N) is 1. The van der Waals surface area contributed by atoms with Crippen molar-refractivity contribution in [2.45, 2.75) is 98.4 Å². The van der Waals surface area contributed by atoms with Gasteiger partial charge in [0, 0.05) is 12.6 Å². The molecule has 0 heterocycles. The average molecular weight is 508 g/mol. The second-order valence-electron chi connectivity index (χ2n) is 10.4. The van der Waals surface area contributed by atoms with Crippen LogP contribution in [0.15, 0.2) is 18.2 Å². The number of alkyl carbamates (subject to hydrolysis) is 1. The molecule has 0 spiro atoms. The molecule has 1 aromatic rings. The highest BCUT2D eigenvalue weighted by atomic mass is 32.2. The summed E-state index contributed by atoms with van der Waals surface area (Å²) in [5.74, 6) is 0.178. The summed E-state index contributed by atoms with van der Waals surface area (Å²) in [5.41, 5.74) is 2.13. The van der Waals surface area contributed by atoms with Crippen LogP contribution in [0.3, 0.4) is 0 Å². The number of ether oxygens (including phenoxy) is 1. The first-order valence-electron chi connectivity index (χ1n) is 12.5. The van der Waals surface area contributed by atoms with Crippen LogP contribution in [-0.4, -0.2) is 59.0 Å². The molecular weight excluding hydrogens is 462 g/mol. The van der Waals surface area contributed by atoms with E-state index in [0.29, 0.717) is 18.7 Å². The number of nitrogens with one attached hydrogen (secondary N) is 2. The predicted octanol–water partition coefficient (Wildman–Crippen LogP) is 5.14. The van der Waals surface area contributed by atoms with E-state index in [9.17, 15) is 14.4 Å². The Morgan fingerprint density at radius 1 is 1.06 bits per heavy atom. The van der Waals surface area contributed by atoms with Crippen molar-refractivity contribution in [2.24, 2.45) is 0 Å². The van der Waals surface area contributed by atoms with Crippen LogP contribution in [-0.2, 0) is 14.3 Å². The van der Waals surface area contributed by atoms with Gasteiger partial charge in [-0.05, 0) is 78.9 Å². The fourth-order valence-electron chi connectivity index (χ4n) is 3.84. The molecule has 35 heavy (non-hydrogen) atoms. The lowest BCUT2D eigenvalue weighted by molar-refractivity contribution is -0.142. The summed E-state index contributed by atoms with van der Waals surface area (Å²) in [6.07, 6.45) is 3.36. The van der Waals surface area contributed by atoms with Crippen molar-refractivity contribution in [2.75, 3.05) is 18.6 Å². The van der Waals surface area contributed by atoms with Crippen LogP contribution >= 0.6 is 11.8 Å². The minimum absolute atomic E-state index is 0.0776. The smallest absolute Gasteiger partial charge is 0.408 e. The summed E-state index contributed by atoms with van der Waals surface area (Å²) in [4.78, 5) is 41.7. The third-order valence-electron chi connectivity index (χ3n) is 5.19. The summed E-state index contributed by atoms with van der Waals surface area (Å²) in [6.45, 7) is 15.6. The van der Waals surface area contributed by atoms with Gasteiger partial charge in [0.25, 0.3) is 0 Å². The number of aryl methyl sites for hydroxylation is 2. The molecule has 0 saturated carbocycles. The van der Waals surface area contributed by atoms with Gasteiger partial charge in [-0.25, -0.2) is 4.79 Å². The molecular formula is C27H45N3O4S. The van der Waals surface area contributed by atoms with Gasteiger partial charge in [-0.1, -0.05) is 42.7 Å². The van der Waals surface area contributed by atoms with E-state index in [1.807, 2.05) is 59.1 Å². The molecule has 1 aromatic carbocycles. The normalized spacial score (nSPS) is 13.2. The first kappa shape index (κ1) is 30.8. The third-order valence-corrected chi connectivity index (χ3v) is 5.83. The maximum atomic E-state index is 14.0. The molecule has 198 valence electrons. The van der Waals surface area contributed by atoms with E-state index in [1.54, 1.807) is 37.4 Å². The highest BCUT2D eigenvalue weighted by Crippen LogP contribution is 2.26. The Morgan fingerprint density at radius 3 is 2.14 bits per heavy atom. The molecule has 7 nitrogen and oxygen atoms in total. The fourth-order valence-corrected chi connectivity index (χ4v) is 4.31. The van der Waals surface area contributed by atoms with Crippen LogP contribution in [0, 0.1) is 13.8 Å². The minimum Gasteiger partial charge on any atom is -0.444 e. The third kappa shape index (κ3) is 10.9. The zero-order valence-electron chi connectivity index (χ0n) is 23.0. The minimum atomic E-state index is -0.799. The molecule has 0 radical (unpaired) electrons. The molecule has 2 unspecified atom stereocenters. The molecule has 0 fully saturated rings. The Bertz CT molecular complexity index is 831. The molecule has 2 atom stereocenters. The number of rotatable bonds is 12. The maximum absolute atomic E-state index is 14.0. The molecule has 2 N–H and O–H groups in total. The first-order valence-corrected chi connectivity index (χ1v) is 13.9. The van der Waals surface area contributed by atoms with Gasteiger partial charge in [0.2, 0.25) is 11.8 Å². The van der Waals surface area contributed by atoms with Gasteiger partial charge in [-0.3, -0.25) is 9.59 Å². The van der Waals surface area contributed by atoms with E-state index in [0.717, 1.165) is 29.5 Å². The number of carbonyl (C=O) groups is 3. The van der Waals surface area contributed by atoms with Gasteiger partial charge in [0.15, 0.2) is 0 Å². The summed E-state index contributed by atoms with van der Waals surface area (Å²) in [6, 6.07) is 4.29. The van der Waals surface area contributed by atoms with Crippen molar-refractivity contribution >= 4 is 29.7 Å². The van der Waals surface area contributed by atoms with Crippen LogP contribution in [0.25, 0.3) is 0 Å². The highest BCUT2D eigenvalue weighted by molar-refractivity contribution is 7.98. The Morgan fingerprint density at radius 2 is 1.66 bits per heavy atom. The SMILES string of the molecule is CCCCN(C(=O)C(CCSC)NC(=O)OC(C)(C)C)C(C(=O)NC(C)C)c1cc(C)cc(C)c1. The van der Waals surface area contributed by atoms with Crippen LogP contribution in [0.5, 0.6) is 0 Å². The van der Waals surface area contributed by atoms with Crippen LogP contribution in [0.4, 0.5) is 4.79 Å². The van der Waals surface area contributed by atoms with E-state index in [2.05, 4.69) is 10.6 Å². The number of thioether (sulfide) groups is 1. The van der Waals surface area contributed by atoms with Gasteiger partial charge in [-0.2, -0.15) is 11.8 Å². The van der Waals surface area contributed by atoms with Gasteiger partial charge in [-0.15, -0.1) is 0 Å². The fraction of sp³-hybridized carbons (Fsp3) is 0.667. The van der Waals surface area contributed by atoms with Crippen LogP contribution < -0.4 is 10.6 Å². The van der Waals surface area contributed by atoms with Gasteiger partial charge < -0.3 is 20.3 Å². The van der Waals surface area contributed by atoms with Gasteiger partial charge in [0.1, 0.15) is 17.7 Å². The largest absolute Gasteiger partial charge is 0.444 e. The van der Waals surface area contributed by atoms with Crippen molar-refractivity contribution in [3.05, 3.63) is 34.9 Å². The number of unbranched alkanes of at least 4 members (excludes halogenated alkanes) is 1. The van der Waals surface area contributed by atoms with E-state index >= 15 is 0 Å². The Hall–Kier alpha value is -2.22. The van der Waals surface area contributed by atoms with Crippen molar-refractivity contribution in [3.63, 3.8) is 0 Å². The summed E-state index contributed by atoms with van der Waals surface area (Å²) < 4.78 is 5.43. The average Bonchev–Trinajstić information content (AvgIpc) is 2.70. The van der Waals surface area contributed by atoms with Crippen molar-refractivity contribution in [1.29, 1.82) is 0 Å². The molecule has 0 bridgehead atoms. The van der Waals surface area contributed by atoms with E-state index in [1.165, 1.54) is 0 Å². The predicted molar refractivity (Wildman–Crippen MR) is 145 cm³/mol. The second kappa shape index (κ2) is 14.4. The number of carbonyl (C=O) groups excluding carboxylic acids is 3. The van der Waals surface area contributed by atoms with Crippen molar-refractivity contribution in [1.82, 2.24) is 15.5 Å². The highest BCUT2D eigenvalue weighted by Gasteiger charge is 2.36. The Labute approximate surface area is 216 Å². The number of hydrogen-bond acceptors (Lipinski definition) is 5. The van der Waals surface area contributed by atoms with Crippen LogP contribution in [0.1, 0.15) is 83.5 Å². The second-order valence-corrected chi connectivity index (χ2v) is 11.3. The van der Waals surface area contributed by atoms with E-state index in [-0.39, 0.29) is 17.9 Å². The van der Waals surface area contributed by atoms with E-state index < -0.39 is 23.8 Å². The number of hydrogen-bond donors (Lipinski definition) is 2. The Balaban J connectivity index is 3.48. The summed E-state index contributed by atoms with van der Waals surface area (Å²) >= 11 is 1.60. The monoisotopic (exact) mass is 507 g/mol. The van der Waals surface area contributed by atoms with Crippen molar-refractivity contribution < 1.29 is 19.1 Å².